The van der Waals surface area contributed by atoms with Crippen LogP contribution in [-0.2, 0) is 20.7 Å². The summed E-state index contributed by atoms with van der Waals surface area (Å²) in [6, 6.07) is 9.20. The lowest BCUT2D eigenvalue weighted by Gasteiger charge is -2.24. The maximum atomic E-state index is 12.8. The largest absolute Gasteiger partial charge is 0.447 e. The van der Waals surface area contributed by atoms with E-state index in [4.69, 9.17) is 9.47 Å². The fourth-order valence-corrected chi connectivity index (χ4v) is 2.71. The Morgan fingerprint density at radius 3 is 2.76 bits per heavy atom. The van der Waals surface area contributed by atoms with E-state index in [-0.39, 0.29) is 25.7 Å². The van der Waals surface area contributed by atoms with Gasteiger partial charge in [-0.3, -0.25) is 4.79 Å². The molecule has 1 fully saturated rings. The van der Waals surface area contributed by atoms with Gasteiger partial charge in [0.25, 0.3) is 0 Å². The van der Waals surface area contributed by atoms with Crippen molar-refractivity contribution in [2.24, 2.45) is 5.92 Å². The monoisotopic (exact) mass is 345 g/mol. The lowest BCUT2D eigenvalue weighted by molar-refractivity contribution is -0.138. The van der Waals surface area contributed by atoms with Gasteiger partial charge in [0.2, 0.25) is 5.91 Å². The van der Waals surface area contributed by atoms with Crippen molar-refractivity contribution in [2.75, 3.05) is 13.2 Å². The molecule has 2 amide bonds. The van der Waals surface area contributed by atoms with Crippen LogP contribution in [-0.4, -0.2) is 47.6 Å². The molecule has 0 radical (unpaired) electrons. The van der Waals surface area contributed by atoms with Crippen molar-refractivity contribution >= 4 is 12.0 Å². The minimum atomic E-state index is -1.14. The van der Waals surface area contributed by atoms with Gasteiger partial charge in [0.1, 0.15) is 6.61 Å². The minimum absolute atomic E-state index is 0.0119. The smallest absolute Gasteiger partial charge is 0.417 e. The number of hydrogen-bond acceptors (Lipinski definition) is 5. The summed E-state index contributed by atoms with van der Waals surface area (Å²) in [5.74, 6) is -1.19. The molecule has 0 bridgehead atoms. The molecule has 1 aliphatic rings. The summed E-state index contributed by atoms with van der Waals surface area (Å²) in [6.45, 7) is 7.45. The Bertz CT molecular complexity index is 616. The first-order valence-corrected chi connectivity index (χ1v) is 8.13. The number of imide groups is 1. The SMILES string of the molecule is C=CCO[C@H](O)C[C@@H](C=C)C(=O)N1C(=O)OC[C@@H]1Cc1ccccc1. The van der Waals surface area contributed by atoms with Crippen molar-refractivity contribution < 1.29 is 24.2 Å². The van der Waals surface area contributed by atoms with Crippen LogP contribution in [0.3, 0.4) is 0 Å². The number of amides is 2. The highest BCUT2D eigenvalue weighted by molar-refractivity contribution is 5.95. The molecule has 6 heteroatoms. The van der Waals surface area contributed by atoms with Gasteiger partial charge in [-0.15, -0.1) is 13.2 Å². The summed E-state index contributed by atoms with van der Waals surface area (Å²) in [6.07, 6.45) is 1.63. The molecule has 1 aromatic rings. The summed E-state index contributed by atoms with van der Waals surface area (Å²) in [7, 11) is 0. The number of carbonyl (C=O) groups excluding carboxylic acids is 2. The van der Waals surface area contributed by atoms with Gasteiger partial charge in [0, 0.05) is 6.42 Å². The van der Waals surface area contributed by atoms with E-state index in [0.717, 1.165) is 10.5 Å². The molecule has 0 saturated carbocycles. The number of cyclic esters (lactones) is 1. The Morgan fingerprint density at radius 2 is 2.12 bits per heavy atom. The van der Waals surface area contributed by atoms with Gasteiger partial charge in [-0.05, 0) is 12.0 Å². The summed E-state index contributed by atoms with van der Waals surface area (Å²) in [5.41, 5.74) is 1.01. The molecule has 3 atom stereocenters. The van der Waals surface area contributed by atoms with Crippen LogP contribution < -0.4 is 0 Å². The maximum absolute atomic E-state index is 12.8. The minimum Gasteiger partial charge on any atom is -0.447 e. The quantitative estimate of drug-likeness (QED) is 0.549. The Kier molecular flexibility index (Phi) is 6.91. The van der Waals surface area contributed by atoms with E-state index in [1.165, 1.54) is 12.2 Å². The zero-order chi connectivity index (χ0) is 18.2. The molecule has 25 heavy (non-hydrogen) atoms. The molecular weight excluding hydrogens is 322 g/mol. The fourth-order valence-electron chi connectivity index (χ4n) is 2.71. The van der Waals surface area contributed by atoms with Crippen LogP contribution in [0.5, 0.6) is 0 Å². The van der Waals surface area contributed by atoms with Gasteiger partial charge in [-0.2, -0.15) is 0 Å². The first kappa shape index (κ1) is 18.9. The van der Waals surface area contributed by atoms with Crippen molar-refractivity contribution in [1.82, 2.24) is 4.90 Å². The number of aliphatic hydroxyl groups excluding tert-OH is 1. The predicted octanol–water partition coefficient (Wildman–Crippen LogP) is 2.29. The van der Waals surface area contributed by atoms with E-state index in [2.05, 4.69) is 13.2 Å². The third-order valence-corrected chi connectivity index (χ3v) is 3.98. The van der Waals surface area contributed by atoms with Gasteiger partial charge < -0.3 is 14.6 Å². The molecule has 0 aliphatic carbocycles. The molecule has 1 N–H and O–H groups in total. The number of ether oxygens (including phenoxy) is 2. The van der Waals surface area contributed by atoms with Gasteiger partial charge in [0.05, 0.1) is 18.6 Å². The topological polar surface area (TPSA) is 76.1 Å². The number of benzene rings is 1. The van der Waals surface area contributed by atoms with Crippen LogP contribution in [0, 0.1) is 5.92 Å². The second-order valence-electron chi connectivity index (χ2n) is 5.78. The molecule has 1 saturated heterocycles. The molecular formula is C19H23NO5. The summed E-state index contributed by atoms with van der Waals surface area (Å²) in [5, 5.41) is 9.84. The van der Waals surface area contributed by atoms with E-state index in [1.807, 2.05) is 30.3 Å². The van der Waals surface area contributed by atoms with Crippen molar-refractivity contribution in [2.45, 2.75) is 25.2 Å². The molecule has 0 aromatic heterocycles. The van der Waals surface area contributed by atoms with Crippen LogP contribution in [0.4, 0.5) is 4.79 Å². The van der Waals surface area contributed by atoms with Crippen LogP contribution in [0.1, 0.15) is 12.0 Å². The second-order valence-corrected chi connectivity index (χ2v) is 5.78. The van der Waals surface area contributed by atoms with Gasteiger partial charge in [-0.25, -0.2) is 9.69 Å². The van der Waals surface area contributed by atoms with Crippen LogP contribution in [0.2, 0.25) is 0 Å². The van der Waals surface area contributed by atoms with E-state index in [1.54, 1.807) is 0 Å². The van der Waals surface area contributed by atoms with E-state index in [0.29, 0.717) is 6.42 Å². The molecule has 0 unspecified atom stereocenters. The first-order chi connectivity index (χ1) is 12.1. The number of aliphatic hydroxyl groups is 1. The Hall–Kier alpha value is -2.44. The molecule has 1 aliphatic heterocycles. The third kappa shape index (κ3) is 5.01. The molecule has 1 heterocycles. The first-order valence-electron chi connectivity index (χ1n) is 8.13. The normalized spacial score (nSPS) is 19.2. The number of rotatable bonds is 9. The summed E-state index contributed by atoms with van der Waals surface area (Å²) >= 11 is 0. The van der Waals surface area contributed by atoms with E-state index in [9.17, 15) is 14.7 Å². The maximum Gasteiger partial charge on any atom is 0.417 e. The molecule has 6 nitrogen and oxygen atoms in total. The number of carbonyl (C=O) groups is 2. The Balaban J connectivity index is 2.06. The Morgan fingerprint density at radius 1 is 1.40 bits per heavy atom. The Labute approximate surface area is 147 Å². The van der Waals surface area contributed by atoms with Gasteiger partial charge in [0.15, 0.2) is 6.29 Å². The highest BCUT2D eigenvalue weighted by Crippen LogP contribution is 2.22. The molecule has 1 aromatic carbocycles. The zero-order valence-electron chi connectivity index (χ0n) is 14.0. The lowest BCUT2D eigenvalue weighted by Crippen LogP contribution is -2.44. The highest BCUT2D eigenvalue weighted by atomic mass is 16.6. The van der Waals surface area contributed by atoms with Crippen LogP contribution >= 0.6 is 0 Å². The number of hydrogen-bond donors (Lipinski definition) is 1. The average Bonchev–Trinajstić information content (AvgIpc) is 2.98. The standard InChI is InChI=1S/C19H23NO5/c1-3-10-24-17(21)12-15(4-2)18(22)20-16(13-25-19(20)23)11-14-8-6-5-7-9-14/h3-9,15-17,21H,1-2,10-13H2/t15-,16+,17+/m1/s1. The zero-order valence-corrected chi connectivity index (χ0v) is 14.0. The average molecular weight is 345 g/mol. The summed E-state index contributed by atoms with van der Waals surface area (Å²) in [4.78, 5) is 25.9. The van der Waals surface area contributed by atoms with E-state index < -0.39 is 24.2 Å². The van der Waals surface area contributed by atoms with Crippen LogP contribution in [0.25, 0.3) is 0 Å². The predicted molar refractivity (Wildman–Crippen MR) is 92.6 cm³/mol. The highest BCUT2D eigenvalue weighted by Gasteiger charge is 2.40. The summed E-state index contributed by atoms with van der Waals surface area (Å²) < 4.78 is 10.1. The van der Waals surface area contributed by atoms with Crippen molar-refractivity contribution in [3.63, 3.8) is 0 Å². The van der Waals surface area contributed by atoms with Crippen LogP contribution in [0.15, 0.2) is 55.6 Å². The number of nitrogens with zero attached hydrogens (tertiary/aromatic N) is 1. The fraction of sp³-hybridized carbons (Fsp3) is 0.368. The van der Waals surface area contributed by atoms with Gasteiger partial charge in [-0.1, -0.05) is 42.5 Å². The van der Waals surface area contributed by atoms with Crippen molar-refractivity contribution in [1.29, 1.82) is 0 Å². The second kappa shape index (κ2) is 9.15. The third-order valence-electron chi connectivity index (χ3n) is 3.98. The lowest BCUT2D eigenvalue weighted by atomic mass is 10.0. The van der Waals surface area contributed by atoms with E-state index >= 15 is 0 Å². The van der Waals surface area contributed by atoms with Gasteiger partial charge >= 0.3 is 6.09 Å². The van der Waals surface area contributed by atoms with Crippen molar-refractivity contribution in [3.05, 3.63) is 61.2 Å². The van der Waals surface area contributed by atoms with Crippen molar-refractivity contribution in [3.8, 4) is 0 Å². The molecule has 2 rings (SSSR count). The molecule has 0 spiro atoms. The molecule has 134 valence electrons.